The molecule has 1 aromatic rings. The third kappa shape index (κ3) is 5.70. The van der Waals surface area contributed by atoms with Crippen molar-refractivity contribution >= 4 is 17.2 Å². The van der Waals surface area contributed by atoms with Crippen LogP contribution in [0.25, 0.3) is 0 Å². The Balaban J connectivity index is 1.54. The number of hydrogen-bond acceptors (Lipinski definition) is 6. The molecular formula is C14H23N3O3S. The van der Waals surface area contributed by atoms with E-state index in [0.717, 1.165) is 44.1 Å². The first-order valence-electron chi connectivity index (χ1n) is 7.37. The molecule has 3 N–H and O–H groups in total. The second-order valence-electron chi connectivity index (χ2n) is 5.08. The smallest absolute Gasteiger partial charge is 0.270 e. The summed E-state index contributed by atoms with van der Waals surface area (Å²) in [6, 6.07) is 0. The van der Waals surface area contributed by atoms with Gasteiger partial charge in [0.05, 0.1) is 18.2 Å². The van der Waals surface area contributed by atoms with Gasteiger partial charge in [-0.05, 0) is 19.4 Å². The molecule has 1 atom stereocenters. The number of ether oxygens (including phenoxy) is 2. The molecule has 1 saturated heterocycles. The SMILES string of the molecule is NCCc1nc(C(=O)NCCCOCC2CCOC2)cs1. The number of rotatable bonds is 9. The predicted octanol–water partition coefficient (Wildman–Crippen LogP) is 0.817. The van der Waals surface area contributed by atoms with Crippen molar-refractivity contribution in [1.82, 2.24) is 10.3 Å². The van der Waals surface area contributed by atoms with Crippen molar-refractivity contribution < 1.29 is 14.3 Å². The van der Waals surface area contributed by atoms with Gasteiger partial charge in [-0.2, -0.15) is 0 Å². The maximum Gasteiger partial charge on any atom is 0.270 e. The summed E-state index contributed by atoms with van der Waals surface area (Å²) < 4.78 is 10.9. The topological polar surface area (TPSA) is 86.5 Å². The molecule has 1 aromatic heterocycles. The van der Waals surface area contributed by atoms with Crippen molar-refractivity contribution in [1.29, 1.82) is 0 Å². The van der Waals surface area contributed by atoms with Crippen LogP contribution < -0.4 is 11.1 Å². The summed E-state index contributed by atoms with van der Waals surface area (Å²) in [4.78, 5) is 16.1. The van der Waals surface area contributed by atoms with E-state index < -0.39 is 0 Å². The van der Waals surface area contributed by atoms with E-state index in [1.54, 1.807) is 5.38 Å². The molecule has 7 heteroatoms. The maximum absolute atomic E-state index is 11.8. The highest BCUT2D eigenvalue weighted by molar-refractivity contribution is 7.09. The normalized spacial score (nSPS) is 18.0. The van der Waals surface area contributed by atoms with E-state index in [9.17, 15) is 4.79 Å². The molecule has 118 valence electrons. The van der Waals surface area contributed by atoms with Crippen LogP contribution >= 0.6 is 11.3 Å². The minimum Gasteiger partial charge on any atom is -0.381 e. The number of amides is 1. The van der Waals surface area contributed by atoms with Gasteiger partial charge < -0.3 is 20.5 Å². The Morgan fingerprint density at radius 3 is 3.29 bits per heavy atom. The molecule has 0 bridgehead atoms. The predicted molar refractivity (Wildman–Crippen MR) is 81.6 cm³/mol. The average molecular weight is 313 g/mol. The van der Waals surface area contributed by atoms with Crippen LogP contribution in [0.3, 0.4) is 0 Å². The first-order chi connectivity index (χ1) is 10.3. The van der Waals surface area contributed by atoms with Crippen molar-refractivity contribution in [2.75, 3.05) is 39.5 Å². The van der Waals surface area contributed by atoms with Gasteiger partial charge in [0.2, 0.25) is 0 Å². The third-order valence-electron chi connectivity index (χ3n) is 3.27. The Bertz CT molecular complexity index is 433. The van der Waals surface area contributed by atoms with Gasteiger partial charge in [-0.25, -0.2) is 4.98 Å². The zero-order chi connectivity index (χ0) is 14.9. The molecule has 1 amide bonds. The summed E-state index contributed by atoms with van der Waals surface area (Å²) in [6.45, 7) is 4.23. The highest BCUT2D eigenvalue weighted by atomic mass is 32.1. The van der Waals surface area contributed by atoms with E-state index in [1.807, 2.05) is 0 Å². The highest BCUT2D eigenvalue weighted by Crippen LogP contribution is 2.12. The largest absolute Gasteiger partial charge is 0.381 e. The third-order valence-corrected chi connectivity index (χ3v) is 4.18. The summed E-state index contributed by atoms with van der Waals surface area (Å²) in [5, 5.41) is 5.53. The second kappa shape index (κ2) is 9.09. The summed E-state index contributed by atoms with van der Waals surface area (Å²) in [7, 11) is 0. The van der Waals surface area contributed by atoms with Crippen LogP contribution in [0.4, 0.5) is 0 Å². The lowest BCUT2D eigenvalue weighted by Crippen LogP contribution is -2.26. The molecule has 1 unspecified atom stereocenters. The molecule has 21 heavy (non-hydrogen) atoms. The minimum atomic E-state index is -0.126. The van der Waals surface area contributed by atoms with Crippen LogP contribution in [0.5, 0.6) is 0 Å². The van der Waals surface area contributed by atoms with Crippen molar-refractivity contribution in [2.24, 2.45) is 11.7 Å². The van der Waals surface area contributed by atoms with E-state index in [1.165, 1.54) is 11.3 Å². The Morgan fingerprint density at radius 2 is 2.52 bits per heavy atom. The summed E-state index contributed by atoms with van der Waals surface area (Å²) in [5.41, 5.74) is 5.94. The number of carbonyl (C=O) groups is 1. The lowest BCUT2D eigenvalue weighted by molar-refractivity contribution is 0.0852. The molecule has 2 heterocycles. The van der Waals surface area contributed by atoms with Gasteiger partial charge in [0.25, 0.3) is 5.91 Å². The molecule has 6 nitrogen and oxygen atoms in total. The van der Waals surface area contributed by atoms with Gasteiger partial charge >= 0.3 is 0 Å². The van der Waals surface area contributed by atoms with Crippen molar-refractivity contribution in [3.8, 4) is 0 Å². The molecule has 0 aromatic carbocycles. The quantitative estimate of drug-likeness (QED) is 0.659. The second-order valence-corrected chi connectivity index (χ2v) is 6.02. The lowest BCUT2D eigenvalue weighted by Gasteiger charge is -2.08. The van der Waals surface area contributed by atoms with Crippen LogP contribution in [-0.2, 0) is 15.9 Å². The molecule has 0 spiro atoms. The molecular weight excluding hydrogens is 290 g/mol. The summed E-state index contributed by atoms with van der Waals surface area (Å²) in [6.07, 6.45) is 2.61. The van der Waals surface area contributed by atoms with Crippen molar-refractivity contribution in [3.63, 3.8) is 0 Å². The summed E-state index contributed by atoms with van der Waals surface area (Å²) >= 11 is 1.48. The van der Waals surface area contributed by atoms with Gasteiger partial charge in [0.1, 0.15) is 5.69 Å². The fourth-order valence-corrected chi connectivity index (χ4v) is 2.88. The van der Waals surface area contributed by atoms with Crippen LogP contribution in [0.1, 0.15) is 28.3 Å². The average Bonchev–Trinajstić information content (AvgIpc) is 3.14. The molecule has 1 aliphatic rings. The zero-order valence-corrected chi connectivity index (χ0v) is 13.0. The van der Waals surface area contributed by atoms with Gasteiger partial charge in [-0.3, -0.25) is 4.79 Å². The zero-order valence-electron chi connectivity index (χ0n) is 12.2. The fraction of sp³-hybridized carbons (Fsp3) is 0.714. The van der Waals surface area contributed by atoms with Crippen LogP contribution in [0.2, 0.25) is 0 Å². The molecule has 0 saturated carbocycles. The Labute approximate surface area is 129 Å². The van der Waals surface area contributed by atoms with Gasteiger partial charge in [-0.15, -0.1) is 11.3 Å². The van der Waals surface area contributed by atoms with E-state index in [0.29, 0.717) is 31.3 Å². The summed E-state index contributed by atoms with van der Waals surface area (Å²) in [5.74, 6) is 0.411. The van der Waals surface area contributed by atoms with Crippen LogP contribution in [0, 0.1) is 5.92 Å². The van der Waals surface area contributed by atoms with E-state index in [4.69, 9.17) is 15.2 Å². The molecule has 0 radical (unpaired) electrons. The maximum atomic E-state index is 11.8. The first-order valence-corrected chi connectivity index (χ1v) is 8.25. The number of carbonyl (C=O) groups excluding carboxylic acids is 1. The van der Waals surface area contributed by atoms with Gasteiger partial charge in [-0.1, -0.05) is 0 Å². The van der Waals surface area contributed by atoms with Crippen LogP contribution in [0.15, 0.2) is 5.38 Å². The molecule has 0 aliphatic carbocycles. The van der Waals surface area contributed by atoms with Crippen molar-refractivity contribution in [2.45, 2.75) is 19.3 Å². The Hall–Kier alpha value is -1.02. The standard InChI is InChI=1S/C14H23N3O3S/c15-4-2-13-17-12(10-21-13)14(18)16-5-1-6-19-8-11-3-7-20-9-11/h10-11H,1-9,15H2,(H,16,18). The Kier molecular flexibility index (Phi) is 7.08. The van der Waals surface area contributed by atoms with Gasteiger partial charge in [0.15, 0.2) is 0 Å². The molecule has 1 aliphatic heterocycles. The van der Waals surface area contributed by atoms with E-state index >= 15 is 0 Å². The number of nitrogens with two attached hydrogens (primary N) is 1. The minimum absolute atomic E-state index is 0.126. The van der Waals surface area contributed by atoms with Gasteiger partial charge in [0, 0.05) is 37.5 Å². The van der Waals surface area contributed by atoms with Crippen molar-refractivity contribution in [3.05, 3.63) is 16.1 Å². The van der Waals surface area contributed by atoms with Crippen LogP contribution in [-0.4, -0.2) is 50.4 Å². The Morgan fingerprint density at radius 1 is 1.62 bits per heavy atom. The lowest BCUT2D eigenvalue weighted by atomic mass is 10.1. The number of nitrogens with one attached hydrogen (secondary N) is 1. The van der Waals surface area contributed by atoms with E-state index in [-0.39, 0.29) is 5.91 Å². The fourth-order valence-electron chi connectivity index (χ4n) is 2.08. The number of aromatic nitrogens is 1. The molecule has 1 fully saturated rings. The number of nitrogens with zero attached hydrogens (tertiary/aromatic N) is 1. The first kappa shape index (κ1) is 16.4. The number of hydrogen-bond donors (Lipinski definition) is 2. The van der Waals surface area contributed by atoms with E-state index in [2.05, 4.69) is 10.3 Å². The number of thiazole rings is 1. The molecule has 2 rings (SSSR count). The highest BCUT2D eigenvalue weighted by Gasteiger charge is 2.15. The monoisotopic (exact) mass is 313 g/mol.